The Morgan fingerprint density at radius 2 is 1.34 bits per heavy atom. The number of benzene rings is 1. The summed E-state index contributed by atoms with van der Waals surface area (Å²) in [6.07, 6.45) is -4.32. The summed E-state index contributed by atoms with van der Waals surface area (Å²) in [5.74, 6) is -11.1. The molecular weight excluding hydrogens is 927 g/mol. The Hall–Kier alpha value is -6.68. The number of esters is 2. The molecule has 0 bridgehead atoms. The van der Waals surface area contributed by atoms with E-state index >= 15 is 0 Å². The number of amides is 7. The third kappa shape index (κ3) is 18.5. The molecule has 1 aromatic rings. The van der Waals surface area contributed by atoms with Crippen molar-refractivity contribution in [2.75, 3.05) is 28.3 Å². The Kier molecular flexibility index (Phi) is 25.3. The van der Waals surface area contributed by atoms with E-state index in [1.807, 2.05) is 0 Å². The number of nitrogens with one attached hydrogen (secondary N) is 4. The maximum absolute atomic E-state index is 14.4. The van der Waals surface area contributed by atoms with Gasteiger partial charge in [-0.3, -0.25) is 33.6 Å². The molecule has 0 unspecified atom stereocenters. The quantitative estimate of drug-likeness (QED) is 0.0531. The second-order valence-corrected chi connectivity index (χ2v) is 18.2. The molecule has 0 fully saturated rings. The van der Waals surface area contributed by atoms with Crippen molar-refractivity contribution in [3.63, 3.8) is 0 Å². The molecule has 0 saturated heterocycles. The average Bonchev–Trinajstić information content (AvgIpc) is 3.31. The van der Waals surface area contributed by atoms with Crippen molar-refractivity contribution in [1.82, 2.24) is 36.0 Å². The lowest BCUT2D eigenvalue weighted by Gasteiger charge is -2.37. The van der Waals surface area contributed by atoms with Gasteiger partial charge in [-0.1, -0.05) is 91.5 Å². The topological polar surface area (TPSA) is 297 Å². The van der Waals surface area contributed by atoms with Crippen LogP contribution in [0.25, 0.3) is 0 Å². The fourth-order valence-corrected chi connectivity index (χ4v) is 6.86. The number of carbonyl (C=O) groups is 10. The zero-order valence-electron chi connectivity index (χ0n) is 43.6. The van der Waals surface area contributed by atoms with E-state index in [1.54, 1.807) is 71.9 Å². The molecule has 396 valence electrons. The van der Waals surface area contributed by atoms with Gasteiger partial charge in [-0.05, 0) is 44.1 Å². The van der Waals surface area contributed by atoms with Crippen LogP contribution < -0.4 is 21.3 Å². The van der Waals surface area contributed by atoms with Gasteiger partial charge in [0.25, 0.3) is 11.8 Å². The number of carbonyl (C=O) groups excluding carboxylic acids is 9. The van der Waals surface area contributed by atoms with E-state index in [0.717, 1.165) is 21.7 Å². The molecule has 0 radical (unpaired) electrons. The molecule has 22 heteroatoms. The molecule has 0 aromatic heterocycles. The van der Waals surface area contributed by atoms with Crippen LogP contribution in [0.5, 0.6) is 0 Å². The van der Waals surface area contributed by atoms with E-state index in [4.69, 9.17) is 14.2 Å². The van der Waals surface area contributed by atoms with Crippen LogP contribution in [-0.4, -0.2) is 167 Å². The fraction of sp³-hybridized carbons (Fsp3) is 0.592. The fourth-order valence-electron chi connectivity index (χ4n) is 6.86. The van der Waals surface area contributed by atoms with Crippen LogP contribution in [0.2, 0.25) is 0 Å². The molecule has 0 aliphatic carbocycles. The monoisotopic (exact) mass is 1000 g/mol. The molecule has 22 nitrogen and oxygen atoms in total. The van der Waals surface area contributed by atoms with E-state index < -0.39 is 131 Å². The summed E-state index contributed by atoms with van der Waals surface area (Å²) in [6.45, 7) is 20.2. The van der Waals surface area contributed by atoms with Gasteiger partial charge in [-0.25, -0.2) is 14.4 Å². The van der Waals surface area contributed by atoms with Crippen molar-refractivity contribution in [3.05, 3.63) is 59.9 Å². The molecule has 71 heavy (non-hydrogen) atoms. The molecule has 0 saturated carbocycles. The predicted molar refractivity (Wildman–Crippen MR) is 259 cm³/mol. The lowest BCUT2D eigenvalue weighted by molar-refractivity contribution is -0.167. The summed E-state index contributed by atoms with van der Waals surface area (Å²) >= 11 is 0. The molecule has 9 atom stereocenters. The minimum absolute atomic E-state index is 0.0504. The van der Waals surface area contributed by atoms with Crippen LogP contribution in [0.15, 0.2) is 54.4 Å². The van der Waals surface area contributed by atoms with E-state index in [1.165, 1.54) is 61.9 Å². The van der Waals surface area contributed by atoms with Gasteiger partial charge in [0.1, 0.15) is 35.6 Å². The number of allylic oxidation sites excluding steroid dienone is 1. The number of aliphatic hydroxyl groups is 1. The standard InChI is InChI=1S/C49H75N7O15/c1-17-36(58)52-37(40(59)26(4)5)49(68)71-41(27(6)7)38(46(64)56(15)39(47(65)66)31(11)69-16)53-43(61)30(10)54(13)44(62)28(8)50-42(60)29(9)55(14)45(63)35(24-33-21-19-18-20-22-33)70-48(67)34(23-25(2)3)51-32(12)57/h18-23,25-28,30-31,35,37-41,59H,9,17,24H2,1-8,10-16H3,(H,50,60)(H,51,57)(H,52,58)(H,53,61)(H,65,66)/b34-23-/t28-,30-,31+,35+,37-,38-,39-,40+,41+/m0/s1. The second kappa shape index (κ2) is 28.9. The summed E-state index contributed by atoms with van der Waals surface area (Å²) in [7, 11) is 4.81. The first-order valence-electron chi connectivity index (χ1n) is 23.2. The number of hydrogen-bond acceptors (Lipinski definition) is 14. The number of aliphatic carboxylic acids is 1. The van der Waals surface area contributed by atoms with Gasteiger partial charge >= 0.3 is 17.9 Å². The Morgan fingerprint density at radius 1 is 0.761 bits per heavy atom. The number of methoxy groups -OCH3 is 1. The third-order valence-electron chi connectivity index (χ3n) is 11.4. The van der Waals surface area contributed by atoms with Gasteiger partial charge in [0.2, 0.25) is 29.5 Å². The number of hydrogen-bond donors (Lipinski definition) is 6. The third-order valence-corrected chi connectivity index (χ3v) is 11.4. The summed E-state index contributed by atoms with van der Waals surface area (Å²) in [4.78, 5) is 136. The first-order valence-corrected chi connectivity index (χ1v) is 23.2. The molecular formula is C49H75N7O15. The zero-order chi connectivity index (χ0) is 54.8. The van der Waals surface area contributed by atoms with Crippen molar-refractivity contribution >= 4 is 59.3 Å². The first kappa shape index (κ1) is 62.3. The van der Waals surface area contributed by atoms with Crippen molar-refractivity contribution in [2.24, 2.45) is 17.8 Å². The van der Waals surface area contributed by atoms with Crippen LogP contribution in [0.4, 0.5) is 0 Å². The molecule has 0 aliphatic rings. The van der Waals surface area contributed by atoms with Crippen molar-refractivity contribution < 1.29 is 72.4 Å². The lowest BCUT2D eigenvalue weighted by atomic mass is 9.95. The van der Waals surface area contributed by atoms with Gasteiger partial charge in [0.15, 0.2) is 18.2 Å². The van der Waals surface area contributed by atoms with E-state index in [0.29, 0.717) is 5.56 Å². The molecule has 1 rings (SSSR count). The summed E-state index contributed by atoms with van der Waals surface area (Å²) in [5.41, 5.74) is -0.0580. The molecule has 6 N–H and O–H groups in total. The number of aliphatic hydroxyl groups excluding tert-OH is 1. The Bertz CT molecular complexity index is 2110. The van der Waals surface area contributed by atoms with Crippen LogP contribution in [0.1, 0.15) is 88.1 Å². The number of carboxylic acid groups (broad SMARTS) is 1. The van der Waals surface area contributed by atoms with Crippen molar-refractivity contribution in [2.45, 2.75) is 144 Å². The minimum Gasteiger partial charge on any atom is -0.480 e. The number of nitrogens with zero attached hydrogens (tertiary/aromatic N) is 3. The highest BCUT2D eigenvalue weighted by atomic mass is 16.6. The van der Waals surface area contributed by atoms with Crippen LogP contribution >= 0.6 is 0 Å². The summed E-state index contributed by atoms with van der Waals surface area (Å²) < 4.78 is 16.7. The highest BCUT2D eigenvalue weighted by molar-refractivity contribution is 6.01. The number of ether oxygens (including phenoxy) is 3. The van der Waals surface area contributed by atoms with E-state index in [2.05, 4.69) is 27.8 Å². The molecule has 1 aromatic carbocycles. The Morgan fingerprint density at radius 3 is 1.82 bits per heavy atom. The summed E-state index contributed by atoms with van der Waals surface area (Å²) in [5, 5.41) is 30.8. The highest BCUT2D eigenvalue weighted by Gasteiger charge is 2.44. The van der Waals surface area contributed by atoms with Crippen LogP contribution in [-0.2, 0) is 68.6 Å². The Balaban J connectivity index is 3.52. The molecule has 0 spiro atoms. The first-order chi connectivity index (χ1) is 32.9. The van der Waals surface area contributed by atoms with Gasteiger partial charge in [0, 0.05) is 48.0 Å². The largest absolute Gasteiger partial charge is 0.480 e. The molecule has 0 aliphatic heterocycles. The van der Waals surface area contributed by atoms with Crippen molar-refractivity contribution in [1.29, 1.82) is 0 Å². The highest BCUT2D eigenvalue weighted by Crippen LogP contribution is 2.21. The number of likely N-dealkylation sites (N-methyl/N-ethyl adjacent to an activating group) is 3. The van der Waals surface area contributed by atoms with Crippen LogP contribution in [0, 0.1) is 17.8 Å². The van der Waals surface area contributed by atoms with Gasteiger partial charge in [0.05, 0.1) is 12.2 Å². The van der Waals surface area contributed by atoms with E-state index in [9.17, 15) is 58.2 Å². The predicted octanol–water partition coefficient (Wildman–Crippen LogP) is 1.05. The van der Waals surface area contributed by atoms with Crippen LogP contribution in [0.3, 0.4) is 0 Å². The lowest BCUT2D eigenvalue weighted by Crippen LogP contribution is -2.63. The normalized spacial score (nSPS) is 15.3. The minimum atomic E-state index is -1.83. The maximum Gasteiger partial charge on any atom is 0.355 e. The maximum atomic E-state index is 14.4. The Labute approximate surface area is 416 Å². The van der Waals surface area contributed by atoms with Gasteiger partial charge in [-0.15, -0.1) is 0 Å². The smallest absolute Gasteiger partial charge is 0.355 e. The van der Waals surface area contributed by atoms with Gasteiger partial charge < -0.3 is 60.4 Å². The molecule has 0 heterocycles. The molecule has 7 amide bonds. The second-order valence-electron chi connectivity index (χ2n) is 18.2. The zero-order valence-corrected chi connectivity index (χ0v) is 43.6. The van der Waals surface area contributed by atoms with Crippen molar-refractivity contribution in [3.8, 4) is 0 Å². The van der Waals surface area contributed by atoms with Gasteiger partial charge in [-0.2, -0.15) is 0 Å². The SMILES string of the molecule is C=C(C(=O)N[C@@H](C)C(=O)N(C)[C@@H](C)C(=O)N[C@H](C(=O)N(C)[C@H](C(=O)O)[C@@H](C)OC)[C@H](OC(=O)[C@@H](NC(=O)CC)[C@H](O)C(C)C)C(C)C)N(C)C(=O)[C@@H](Cc1ccccc1)OC(=O)/C(=C/C(C)C)NC(C)=O. The summed E-state index contributed by atoms with van der Waals surface area (Å²) in [6, 6.07) is 0.708. The average molecular weight is 1000 g/mol. The number of carboxylic acids is 1. The number of rotatable bonds is 27. The van der Waals surface area contributed by atoms with E-state index in [-0.39, 0.29) is 24.5 Å².